The summed E-state index contributed by atoms with van der Waals surface area (Å²) in [5, 5.41) is 25.7. The molecule has 67 heavy (non-hydrogen) atoms. The number of unbranched alkanes of at least 4 members (excludes halogenated alkanes) is 1. The van der Waals surface area contributed by atoms with Gasteiger partial charge in [-0.3, -0.25) is 24.1 Å². The fourth-order valence-corrected chi connectivity index (χ4v) is 8.47. The number of carbonyl (C=O) groups excluding carboxylic acids is 4. The van der Waals surface area contributed by atoms with Gasteiger partial charge in [0.15, 0.2) is 28.8 Å². The van der Waals surface area contributed by atoms with E-state index in [9.17, 15) is 29.5 Å². The van der Waals surface area contributed by atoms with Gasteiger partial charge in [-0.25, -0.2) is 9.37 Å². The van der Waals surface area contributed by atoms with Crippen LogP contribution in [0, 0.1) is 22.6 Å². The second-order valence-electron chi connectivity index (χ2n) is 17.8. The van der Waals surface area contributed by atoms with Crippen LogP contribution >= 0.6 is 23.8 Å². The zero-order chi connectivity index (χ0) is 48.5. The van der Waals surface area contributed by atoms with Crippen LogP contribution in [0.4, 0.5) is 15.8 Å². The number of benzene rings is 3. The lowest BCUT2D eigenvalue weighted by Gasteiger charge is -2.35. The van der Waals surface area contributed by atoms with Gasteiger partial charge in [-0.1, -0.05) is 56.6 Å². The molecule has 3 heterocycles. The van der Waals surface area contributed by atoms with Crippen LogP contribution in [0.2, 0.25) is 5.02 Å². The van der Waals surface area contributed by atoms with Crippen molar-refractivity contribution in [2.75, 3.05) is 49.4 Å². The summed E-state index contributed by atoms with van der Waals surface area (Å²) in [6.45, 7) is 9.97. The van der Waals surface area contributed by atoms with Gasteiger partial charge in [-0.05, 0) is 86.6 Å². The van der Waals surface area contributed by atoms with Crippen molar-refractivity contribution >= 4 is 63.9 Å². The third-order valence-corrected chi connectivity index (χ3v) is 12.0. The molecule has 1 unspecified atom stereocenters. The summed E-state index contributed by atoms with van der Waals surface area (Å²) in [6, 6.07) is 16.5. The normalized spacial score (nSPS) is 17.4. The lowest BCUT2D eigenvalue weighted by Crippen LogP contribution is -2.58. The summed E-state index contributed by atoms with van der Waals surface area (Å²) in [5.74, 6) is -1.65. The maximum Gasteiger partial charge on any atom is 0.259 e. The number of aromatic nitrogens is 1. The second kappa shape index (κ2) is 22.2. The van der Waals surface area contributed by atoms with E-state index in [0.29, 0.717) is 49.6 Å². The number of β-amino-alcohol motifs (C(OH)–C–C–N with tert-alkyl or cyclic N) is 1. The molecule has 6 rings (SSSR count). The maximum absolute atomic E-state index is 15.3. The molecule has 3 N–H and O–H groups in total. The highest BCUT2D eigenvalue weighted by Crippen LogP contribution is 2.39. The first kappa shape index (κ1) is 50.4. The predicted molar refractivity (Wildman–Crippen MR) is 251 cm³/mol. The average molecular weight is 961 g/mol. The van der Waals surface area contributed by atoms with Crippen molar-refractivity contribution in [1.82, 2.24) is 20.5 Å². The maximum atomic E-state index is 15.3. The largest absolute Gasteiger partial charge is 0.491 e. The quantitative estimate of drug-likeness (QED) is 0.0658. The first-order valence-electron chi connectivity index (χ1n) is 21.9. The number of hydrogen-bond acceptors (Lipinski definition) is 12. The molecule has 1 aromatic heterocycles. The molecule has 3 atom stereocenters. The van der Waals surface area contributed by atoms with Crippen LogP contribution in [-0.2, 0) is 35.2 Å². The highest BCUT2D eigenvalue weighted by atomic mass is 35.5. The Morgan fingerprint density at radius 1 is 1.03 bits per heavy atom. The van der Waals surface area contributed by atoms with E-state index < -0.39 is 52.7 Å². The summed E-state index contributed by atoms with van der Waals surface area (Å²) < 4.78 is 37.6. The molecule has 0 bridgehead atoms. The van der Waals surface area contributed by atoms with Crippen molar-refractivity contribution in [2.24, 2.45) is 5.41 Å². The van der Waals surface area contributed by atoms with Crippen molar-refractivity contribution in [2.45, 2.75) is 90.6 Å². The molecular formula is C48H55ClFN7O9S. The van der Waals surface area contributed by atoms with Crippen molar-refractivity contribution in [3.63, 3.8) is 0 Å². The Morgan fingerprint density at radius 2 is 1.73 bits per heavy atom. The first-order chi connectivity index (χ1) is 31.9. The molecule has 2 fully saturated rings. The van der Waals surface area contributed by atoms with Crippen molar-refractivity contribution < 1.29 is 47.3 Å². The monoisotopic (exact) mass is 959 g/mol. The van der Waals surface area contributed by atoms with E-state index in [-0.39, 0.29) is 66.7 Å². The average Bonchev–Trinajstić information content (AvgIpc) is 4.01. The third-order valence-electron chi connectivity index (χ3n) is 11.3. The number of aliphatic hydroxyl groups excluding tert-OH is 1. The number of nitrogens with one attached hydrogen (secondary N) is 2. The van der Waals surface area contributed by atoms with Crippen molar-refractivity contribution in [3.8, 4) is 23.1 Å². The van der Waals surface area contributed by atoms with E-state index in [0.717, 1.165) is 11.1 Å². The molecule has 2 saturated heterocycles. The van der Waals surface area contributed by atoms with E-state index in [1.807, 2.05) is 51.1 Å². The molecule has 19 heteroatoms. The zero-order valence-electron chi connectivity index (χ0n) is 38.1. The van der Waals surface area contributed by atoms with Gasteiger partial charge in [-0.15, -0.1) is 0 Å². The summed E-state index contributed by atoms with van der Waals surface area (Å²) >= 11 is 11.9. The van der Waals surface area contributed by atoms with Gasteiger partial charge < -0.3 is 44.2 Å². The third kappa shape index (κ3) is 12.3. The van der Waals surface area contributed by atoms with Crippen LogP contribution in [0.1, 0.15) is 71.4 Å². The molecule has 0 aliphatic carbocycles. The van der Waals surface area contributed by atoms with Crippen LogP contribution in [0.25, 0.3) is 11.3 Å². The predicted octanol–water partition coefficient (Wildman–Crippen LogP) is 6.31. The topological polar surface area (TPSA) is 200 Å². The second-order valence-corrected chi connectivity index (χ2v) is 18.6. The van der Waals surface area contributed by atoms with Crippen LogP contribution in [0.15, 0.2) is 77.7 Å². The number of nitrogens with zero attached hydrogens (tertiary/aromatic N) is 5. The molecule has 0 saturated carbocycles. The number of rotatable bonds is 20. The van der Waals surface area contributed by atoms with Crippen LogP contribution in [-0.4, -0.2) is 107 Å². The van der Waals surface area contributed by atoms with Gasteiger partial charge in [0.05, 0.1) is 35.2 Å². The Balaban J connectivity index is 0.866. The Hall–Kier alpha value is -5.97. The van der Waals surface area contributed by atoms with Gasteiger partial charge >= 0.3 is 0 Å². The molecule has 356 valence electrons. The molecule has 16 nitrogen and oxygen atoms in total. The minimum absolute atomic E-state index is 0.0415. The van der Waals surface area contributed by atoms with E-state index in [4.69, 9.17) is 42.4 Å². The van der Waals surface area contributed by atoms with Crippen LogP contribution in [0.5, 0.6) is 5.75 Å². The number of anilines is 2. The lowest BCUT2D eigenvalue weighted by atomic mass is 9.85. The van der Waals surface area contributed by atoms with Crippen molar-refractivity contribution in [1.29, 1.82) is 5.26 Å². The number of likely N-dealkylation sites (tertiary alicyclic amines) is 1. The minimum Gasteiger partial charge on any atom is -0.491 e. The fourth-order valence-electron chi connectivity index (χ4n) is 7.73. The summed E-state index contributed by atoms with van der Waals surface area (Å²) in [7, 11) is 0. The molecule has 4 aromatic rings. The molecule has 3 aromatic carbocycles. The molecule has 0 radical (unpaired) electrons. The highest BCUT2D eigenvalue weighted by Gasteiger charge is 2.50. The van der Waals surface area contributed by atoms with Crippen LogP contribution in [0.3, 0.4) is 0 Å². The number of ether oxygens (including phenoxy) is 3. The summed E-state index contributed by atoms with van der Waals surface area (Å²) in [4.78, 5) is 61.9. The highest BCUT2D eigenvalue weighted by molar-refractivity contribution is 7.81. The molecule has 2 aliphatic rings. The molecule has 0 spiro atoms. The standard InChI is InChI=1S/C48H55ClFN7O9S/c1-47(2,3)42(44(61)55-27-35(58)23-38(55)43(60)53-25-30-9-11-31(12-10-30)40-26-52-29-66-40)54-41(59)28-64-19-8-18-63-17-6-7-20-65-39-16-15-34(22-37(39)50)57-46(67)56(45(62)48(57,4)5)33-14-13-32(24-51)36(49)21-33/h9-16,21-22,26,29,35,38,42,58H,6-8,17-20,23,25,27-28H2,1-5H3,(H,53,60)(H,54,59)/t35-,38+,42?/m1/s1. The number of nitriles is 1. The number of oxazole rings is 1. The summed E-state index contributed by atoms with van der Waals surface area (Å²) in [6.07, 6.45) is 3.88. The number of hydrogen-bond donors (Lipinski definition) is 3. The van der Waals surface area contributed by atoms with Gasteiger partial charge in [0.25, 0.3) is 5.91 Å². The molecular weight excluding hydrogens is 905 g/mol. The van der Waals surface area contributed by atoms with Gasteiger partial charge in [0, 0.05) is 56.6 Å². The van der Waals surface area contributed by atoms with Gasteiger partial charge in [-0.2, -0.15) is 5.26 Å². The Kier molecular flexibility index (Phi) is 16.7. The summed E-state index contributed by atoms with van der Waals surface area (Å²) in [5.41, 5.74) is 0.834. The van der Waals surface area contributed by atoms with E-state index in [1.54, 1.807) is 37.1 Å². The zero-order valence-corrected chi connectivity index (χ0v) is 39.6. The number of thiocarbonyl (C=S) groups is 1. The Bertz CT molecular complexity index is 2460. The first-order valence-corrected chi connectivity index (χ1v) is 22.7. The SMILES string of the molecule is CC(C)(C)C(NC(=O)COCCCOCCCCOc1ccc(N2C(=S)N(c3ccc(C#N)c(Cl)c3)C(=O)C2(C)C)cc1F)C(=O)N1C[C@H](O)C[C@H]1C(=O)NCc1ccc(-c2cnco2)cc1. The van der Waals surface area contributed by atoms with E-state index >= 15 is 4.39 Å². The number of amides is 4. The minimum atomic E-state index is -1.14. The molecule has 2 aliphatic heterocycles. The van der Waals surface area contributed by atoms with Gasteiger partial charge in [0.1, 0.15) is 30.3 Å². The number of carbonyl (C=O) groups is 4. The van der Waals surface area contributed by atoms with Crippen LogP contribution < -0.4 is 25.2 Å². The van der Waals surface area contributed by atoms with E-state index in [2.05, 4.69) is 15.6 Å². The smallest absolute Gasteiger partial charge is 0.259 e. The number of halogens is 2. The Morgan fingerprint density at radius 3 is 2.40 bits per heavy atom. The molecule has 4 amide bonds. The van der Waals surface area contributed by atoms with Gasteiger partial charge in [0.2, 0.25) is 17.7 Å². The van der Waals surface area contributed by atoms with E-state index in [1.165, 1.54) is 40.5 Å². The Labute approximate surface area is 399 Å². The number of aliphatic hydroxyl groups is 1. The fraction of sp³-hybridized carbons (Fsp3) is 0.438. The van der Waals surface area contributed by atoms with Crippen molar-refractivity contribution in [3.05, 3.63) is 95.2 Å². The lowest BCUT2D eigenvalue weighted by molar-refractivity contribution is -0.144.